The van der Waals surface area contributed by atoms with Crippen molar-refractivity contribution in [3.8, 4) is 17.6 Å². The van der Waals surface area contributed by atoms with Crippen LogP contribution in [0.3, 0.4) is 0 Å². The Morgan fingerprint density at radius 2 is 1.92 bits per heavy atom. The first-order valence-electron chi connectivity index (χ1n) is 8.37. The minimum Gasteiger partial charge on any atom is -0.454 e. The first-order valence-corrected chi connectivity index (χ1v) is 8.37. The van der Waals surface area contributed by atoms with Crippen LogP contribution in [0.4, 0.5) is 0 Å². The molecule has 0 radical (unpaired) electrons. The van der Waals surface area contributed by atoms with Gasteiger partial charge in [0.2, 0.25) is 6.79 Å². The molecule has 0 spiro atoms. The van der Waals surface area contributed by atoms with Crippen molar-refractivity contribution in [2.45, 2.75) is 26.8 Å². The second kappa shape index (κ2) is 7.32. The molecule has 0 aromatic heterocycles. The quantitative estimate of drug-likeness (QED) is 0.673. The second-order valence-corrected chi connectivity index (χ2v) is 6.32. The van der Waals surface area contributed by atoms with Crippen LogP contribution in [0.2, 0.25) is 0 Å². The Morgan fingerprint density at radius 3 is 2.65 bits per heavy atom. The molecule has 132 valence electrons. The van der Waals surface area contributed by atoms with Gasteiger partial charge in [-0.3, -0.25) is 4.79 Å². The van der Waals surface area contributed by atoms with Gasteiger partial charge in [-0.15, -0.1) is 0 Å². The summed E-state index contributed by atoms with van der Waals surface area (Å²) in [6.45, 7) is 6.16. The molecule has 0 fully saturated rings. The smallest absolute Gasteiger partial charge is 0.262 e. The minimum atomic E-state index is -0.407. The number of amides is 1. The van der Waals surface area contributed by atoms with Crippen molar-refractivity contribution in [1.29, 1.82) is 5.26 Å². The molecule has 1 aliphatic heterocycles. The van der Waals surface area contributed by atoms with Gasteiger partial charge in [0, 0.05) is 0 Å². The van der Waals surface area contributed by atoms with Crippen molar-refractivity contribution in [1.82, 2.24) is 5.32 Å². The van der Waals surface area contributed by atoms with Gasteiger partial charge >= 0.3 is 0 Å². The maximum Gasteiger partial charge on any atom is 0.262 e. The Labute approximate surface area is 152 Å². The van der Waals surface area contributed by atoms with E-state index < -0.39 is 5.91 Å². The van der Waals surface area contributed by atoms with Crippen molar-refractivity contribution >= 4 is 12.0 Å². The summed E-state index contributed by atoms with van der Waals surface area (Å²) in [5.41, 5.74) is 4.12. The Hall–Kier alpha value is -3.26. The molecular weight excluding hydrogens is 328 g/mol. The summed E-state index contributed by atoms with van der Waals surface area (Å²) in [5, 5.41) is 12.3. The lowest BCUT2D eigenvalue weighted by Gasteiger charge is -2.15. The van der Waals surface area contributed by atoms with Crippen LogP contribution >= 0.6 is 0 Å². The summed E-state index contributed by atoms with van der Waals surface area (Å²) < 4.78 is 10.6. The molecule has 0 saturated carbocycles. The fourth-order valence-corrected chi connectivity index (χ4v) is 2.71. The summed E-state index contributed by atoms with van der Waals surface area (Å²) in [5.74, 6) is 0.865. The zero-order chi connectivity index (χ0) is 18.7. The lowest BCUT2D eigenvalue weighted by molar-refractivity contribution is -0.117. The molecule has 1 amide bonds. The van der Waals surface area contributed by atoms with E-state index in [9.17, 15) is 10.1 Å². The Balaban J connectivity index is 1.76. The third-order valence-corrected chi connectivity index (χ3v) is 4.45. The van der Waals surface area contributed by atoms with E-state index in [1.54, 1.807) is 24.3 Å². The summed E-state index contributed by atoms with van der Waals surface area (Å²) in [6, 6.07) is 13.1. The van der Waals surface area contributed by atoms with Crippen LogP contribution in [-0.2, 0) is 4.79 Å². The molecule has 0 bridgehead atoms. The third-order valence-electron chi connectivity index (χ3n) is 4.45. The summed E-state index contributed by atoms with van der Waals surface area (Å²) in [4.78, 5) is 12.5. The van der Waals surface area contributed by atoms with Crippen molar-refractivity contribution in [2.24, 2.45) is 0 Å². The Kier molecular flexibility index (Phi) is 4.94. The van der Waals surface area contributed by atoms with Gasteiger partial charge < -0.3 is 14.8 Å². The summed E-state index contributed by atoms with van der Waals surface area (Å²) in [7, 11) is 0. The van der Waals surface area contributed by atoms with E-state index in [-0.39, 0.29) is 18.4 Å². The lowest BCUT2D eigenvalue weighted by atomic mass is 10.0. The maximum absolute atomic E-state index is 12.5. The highest BCUT2D eigenvalue weighted by atomic mass is 16.7. The van der Waals surface area contributed by atoms with Crippen LogP contribution < -0.4 is 14.8 Å². The number of nitrogens with zero attached hydrogens (tertiary/aromatic N) is 1. The van der Waals surface area contributed by atoms with E-state index in [4.69, 9.17) is 9.47 Å². The first kappa shape index (κ1) is 17.6. The minimum absolute atomic E-state index is 0.0412. The number of aryl methyl sites for hydroxylation is 2. The molecular formula is C21H20N2O3. The average molecular weight is 348 g/mol. The molecule has 3 rings (SSSR count). The molecule has 1 heterocycles. The lowest BCUT2D eigenvalue weighted by Crippen LogP contribution is -2.27. The van der Waals surface area contributed by atoms with Crippen LogP contribution in [-0.4, -0.2) is 12.7 Å². The number of carbonyl (C=O) groups excluding carboxylic acids is 1. The van der Waals surface area contributed by atoms with Crippen molar-refractivity contribution in [2.75, 3.05) is 6.79 Å². The number of hydrogen-bond donors (Lipinski definition) is 1. The predicted molar refractivity (Wildman–Crippen MR) is 98.6 cm³/mol. The highest BCUT2D eigenvalue weighted by Gasteiger charge is 2.16. The topological polar surface area (TPSA) is 71.4 Å². The zero-order valence-electron chi connectivity index (χ0n) is 15.0. The highest BCUT2D eigenvalue weighted by Crippen LogP contribution is 2.33. The van der Waals surface area contributed by atoms with Gasteiger partial charge in [0.15, 0.2) is 11.5 Å². The van der Waals surface area contributed by atoms with Crippen LogP contribution in [0.25, 0.3) is 6.08 Å². The zero-order valence-corrected chi connectivity index (χ0v) is 15.0. The van der Waals surface area contributed by atoms with Gasteiger partial charge in [-0.2, -0.15) is 5.26 Å². The average Bonchev–Trinajstić information content (AvgIpc) is 3.09. The predicted octanol–water partition coefficient (Wildman–Crippen LogP) is 3.82. The molecule has 2 aromatic carbocycles. The van der Waals surface area contributed by atoms with E-state index in [2.05, 4.69) is 5.32 Å². The standard InChI is InChI=1S/C21H20N2O3/c1-13-4-6-17(8-14(13)2)15(3)23-21(24)18(11-22)9-16-5-7-19-20(10-16)26-12-25-19/h4-10,15H,12H2,1-3H3,(H,23,24)/b18-9+. The summed E-state index contributed by atoms with van der Waals surface area (Å²) >= 11 is 0. The molecule has 2 aromatic rings. The van der Waals surface area contributed by atoms with Crippen molar-refractivity contribution in [3.05, 3.63) is 64.2 Å². The molecule has 1 N–H and O–H groups in total. The molecule has 5 nitrogen and oxygen atoms in total. The highest BCUT2D eigenvalue weighted by molar-refractivity contribution is 6.01. The van der Waals surface area contributed by atoms with Gasteiger partial charge in [-0.1, -0.05) is 24.3 Å². The van der Waals surface area contributed by atoms with Crippen LogP contribution in [0, 0.1) is 25.2 Å². The maximum atomic E-state index is 12.5. The Bertz CT molecular complexity index is 925. The van der Waals surface area contributed by atoms with Gasteiger partial charge in [-0.25, -0.2) is 0 Å². The third kappa shape index (κ3) is 3.70. The number of fused-ring (bicyclic) bond motifs is 1. The van der Waals surface area contributed by atoms with Gasteiger partial charge in [-0.05, 0) is 61.2 Å². The first-order chi connectivity index (χ1) is 12.5. The largest absolute Gasteiger partial charge is 0.454 e. The van der Waals surface area contributed by atoms with E-state index in [1.807, 2.05) is 45.0 Å². The van der Waals surface area contributed by atoms with E-state index in [1.165, 1.54) is 11.1 Å². The normalized spacial score (nSPS) is 13.8. The molecule has 1 aliphatic rings. The number of nitrogens with one attached hydrogen (secondary N) is 1. The molecule has 1 atom stereocenters. The van der Waals surface area contributed by atoms with Crippen molar-refractivity contribution < 1.29 is 14.3 Å². The SMILES string of the molecule is Cc1ccc(C(C)NC(=O)/C(C#N)=C/c2ccc3c(c2)OCO3)cc1C. The fourth-order valence-electron chi connectivity index (χ4n) is 2.71. The van der Waals surface area contributed by atoms with E-state index >= 15 is 0 Å². The molecule has 26 heavy (non-hydrogen) atoms. The van der Waals surface area contributed by atoms with Gasteiger partial charge in [0.05, 0.1) is 6.04 Å². The molecule has 0 aliphatic carbocycles. The van der Waals surface area contributed by atoms with E-state index in [0.717, 1.165) is 5.56 Å². The number of rotatable bonds is 4. The molecule has 0 saturated heterocycles. The van der Waals surface area contributed by atoms with Crippen LogP contribution in [0.15, 0.2) is 42.0 Å². The van der Waals surface area contributed by atoms with Gasteiger partial charge in [0.1, 0.15) is 11.6 Å². The van der Waals surface area contributed by atoms with Crippen LogP contribution in [0.1, 0.15) is 35.2 Å². The fraction of sp³-hybridized carbons (Fsp3) is 0.238. The number of carbonyl (C=O) groups is 1. The number of hydrogen-bond acceptors (Lipinski definition) is 4. The molecule has 1 unspecified atom stereocenters. The number of ether oxygens (including phenoxy) is 2. The second-order valence-electron chi connectivity index (χ2n) is 6.32. The summed E-state index contributed by atoms with van der Waals surface area (Å²) in [6.07, 6.45) is 1.55. The van der Waals surface area contributed by atoms with Crippen LogP contribution in [0.5, 0.6) is 11.5 Å². The molecule has 5 heteroatoms. The number of nitriles is 1. The van der Waals surface area contributed by atoms with Crippen molar-refractivity contribution in [3.63, 3.8) is 0 Å². The van der Waals surface area contributed by atoms with E-state index in [0.29, 0.717) is 17.1 Å². The Morgan fingerprint density at radius 1 is 1.15 bits per heavy atom. The monoisotopic (exact) mass is 348 g/mol. The number of benzene rings is 2. The van der Waals surface area contributed by atoms with Gasteiger partial charge in [0.25, 0.3) is 5.91 Å².